The standard InChI is InChI=1S/C15H14BrFN2O4/c1-7(2)12(15(21)22)19-13(20)11-6-23-14(18-11)9-4-3-8(16)5-10(9)17/h3-7,12H,1-2H3,(H,19,20)(H,21,22). The van der Waals surface area contributed by atoms with Crippen LogP contribution in [0, 0.1) is 11.7 Å². The van der Waals surface area contributed by atoms with Crippen LogP contribution in [0.25, 0.3) is 11.5 Å². The van der Waals surface area contributed by atoms with Crippen LogP contribution in [0.5, 0.6) is 0 Å². The number of nitrogens with zero attached hydrogens (tertiary/aromatic N) is 1. The highest BCUT2D eigenvalue weighted by atomic mass is 79.9. The number of rotatable bonds is 5. The fourth-order valence-electron chi connectivity index (χ4n) is 1.89. The van der Waals surface area contributed by atoms with E-state index in [0.29, 0.717) is 4.47 Å². The molecule has 0 aliphatic rings. The number of oxazole rings is 1. The molecule has 6 nitrogen and oxygen atoms in total. The first-order valence-corrected chi connectivity index (χ1v) is 7.53. The number of hydrogen-bond donors (Lipinski definition) is 2. The van der Waals surface area contributed by atoms with Gasteiger partial charge >= 0.3 is 5.97 Å². The lowest BCUT2D eigenvalue weighted by atomic mass is 10.0. The number of benzene rings is 1. The summed E-state index contributed by atoms with van der Waals surface area (Å²) in [5.74, 6) is -2.75. The highest BCUT2D eigenvalue weighted by Gasteiger charge is 2.25. The number of nitrogens with one attached hydrogen (secondary N) is 1. The van der Waals surface area contributed by atoms with Gasteiger partial charge in [-0.15, -0.1) is 0 Å². The molecule has 2 rings (SSSR count). The molecule has 0 spiro atoms. The minimum absolute atomic E-state index is 0.0587. The van der Waals surface area contributed by atoms with Crippen molar-refractivity contribution in [2.75, 3.05) is 0 Å². The normalized spacial score (nSPS) is 12.2. The summed E-state index contributed by atoms with van der Waals surface area (Å²) in [7, 11) is 0. The number of halogens is 2. The van der Waals surface area contributed by atoms with Gasteiger partial charge in [-0.1, -0.05) is 29.8 Å². The van der Waals surface area contributed by atoms with Crippen molar-refractivity contribution >= 4 is 27.8 Å². The van der Waals surface area contributed by atoms with Gasteiger partial charge in [0.25, 0.3) is 5.91 Å². The summed E-state index contributed by atoms with van der Waals surface area (Å²) in [4.78, 5) is 27.1. The summed E-state index contributed by atoms with van der Waals surface area (Å²) in [6.45, 7) is 3.34. The van der Waals surface area contributed by atoms with E-state index in [1.54, 1.807) is 19.9 Å². The number of carboxylic acids is 1. The maximum absolute atomic E-state index is 13.9. The highest BCUT2D eigenvalue weighted by Crippen LogP contribution is 2.25. The molecule has 1 atom stereocenters. The summed E-state index contributed by atoms with van der Waals surface area (Å²) in [6.07, 6.45) is 1.06. The van der Waals surface area contributed by atoms with Crippen LogP contribution >= 0.6 is 15.9 Å². The number of aliphatic carboxylic acids is 1. The molecule has 1 aromatic heterocycles. The van der Waals surface area contributed by atoms with Gasteiger partial charge < -0.3 is 14.8 Å². The van der Waals surface area contributed by atoms with Crippen molar-refractivity contribution in [3.63, 3.8) is 0 Å². The van der Waals surface area contributed by atoms with Gasteiger partial charge in [-0.2, -0.15) is 0 Å². The van der Waals surface area contributed by atoms with E-state index in [1.165, 1.54) is 12.1 Å². The quantitative estimate of drug-likeness (QED) is 0.825. The van der Waals surface area contributed by atoms with Crippen molar-refractivity contribution in [1.82, 2.24) is 10.3 Å². The van der Waals surface area contributed by atoms with Crippen molar-refractivity contribution in [3.05, 3.63) is 40.4 Å². The van der Waals surface area contributed by atoms with Gasteiger partial charge in [0.2, 0.25) is 5.89 Å². The van der Waals surface area contributed by atoms with E-state index in [9.17, 15) is 14.0 Å². The van der Waals surface area contributed by atoms with Gasteiger partial charge in [0.05, 0.1) is 5.56 Å². The molecule has 0 saturated carbocycles. The molecule has 0 bridgehead atoms. The lowest BCUT2D eigenvalue weighted by Crippen LogP contribution is -2.44. The molecular formula is C15H14BrFN2O4. The third-order valence-corrected chi connectivity index (χ3v) is 3.61. The van der Waals surface area contributed by atoms with E-state index in [0.717, 1.165) is 6.26 Å². The Kier molecular flexibility index (Phi) is 5.15. The van der Waals surface area contributed by atoms with E-state index < -0.39 is 23.7 Å². The largest absolute Gasteiger partial charge is 0.480 e. The minimum Gasteiger partial charge on any atom is -0.480 e. The Morgan fingerprint density at radius 1 is 1.39 bits per heavy atom. The summed E-state index contributed by atoms with van der Waals surface area (Å²) < 4.78 is 19.5. The first-order chi connectivity index (χ1) is 10.8. The van der Waals surface area contributed by atoms with Gasteiger partial charge in [-0.05, 0) is 24.1 Å². The van der Waals surface area contributed by atoms with Gasteiger partial charge in [0, 0.05) is 4.47 Å². The third kappa shape index (κ3) is 3.95. The Balaban J connectivity index is 2.21. The molecular weight excluding hydrogens is 371 g/mol. The van der Waals surface area contributed by atoms with E-state index in [1.807, 2.05) is 0 Å². The van der Waals surface area contributed by atoms with E-state index in [-0.39, 0.29) is 23.1 Å². The monoisotopic (exact) mass is 384 g/mol. The molecule has 0 aliphatic carbocycles. The minimum atomic E-state index is -1.14. The zero-order valence-electron chi connectivity index (χ0n) is 12.3. The Labute approximate surface area is 139 Å². The van der Waals surface area contributed by atoms with Crippen molar-refractivity contribution in [3.8, 4) is 11.5 Å². The second kappa shape index (κ2) is 6.91. The summed E-state index contributed by atoms with van der Waals surface area (Å²) >= 11 is 3.14. The molecule has 0 saturated heterocycles. The molecule has 1 amide bonds. The number of carbonyl (C=O) groups excluding carboxylic acids is 1. The molecule has 1 heterocycles. The second-order valence-corrected chi connectivity index (χ2v) is 6.11. The zero-order chi connectivity index (χ0) is 17.1. The highest BCUT2D eigenvalue weighted by molar-refractivity contribution is 9.10. The summed E-state index contributed by atoms with van der Waals surface area (Å²) in [5, 5.41) is 11.4. The smallest absolute Gasteiger partial charge is 0.326 e. The molecule has 2 aromatic rings. The van der Waals surface area contributed by atoms with Crippen LogP contribution in [0.3, 0.4) is 0 Å². The van der Waals surface area contributed by atoms with Crippen LogP contribution in [0.4, 0.5) is 4.39 Å². The Morgan fingerprint density at radius 2 is 2.09 bits per heavy atom. The Bertz CT molecular complexity index is 745. The first kappa shape index (κ1) is 17.1. The zero-order valence-corrected chi connectivity index (χ0v) is 13.9. The van der Waals surface area contributed by atoms with E-state index in [4.69, 9.17) is 9.52 Å². The van der Waals surface area contributed by atoms with Crippen LogP contribution in [0.2, 0.25) is 0 Å². The lowest BCUT2D eigenvalue weighted by molar-refractivity contribution is -0.140. The number of aromatic nitrogens is 1. The van der Waals surface area contributed by atoms with E-state index >= 15 is 0 Å². The van der Waals surface area contributed by atoms with E-state index in [2.05, 4.69) is 26.2 Å². The maximum atomic E-state index is 13.9. The second-order valence-electron chi connectivity index (χ2n) is 5.20. The molecule has 23 heavy (non-hydrogen) atoms. The summed E-state index contributed by atoms with van der Waals surface area (Å²) in [5.41, 5.74) is -0.0138. The van der Waals surface area contributed by atoms with Crippen molar-refractivity contribution in [2.24, 2.45) is 5.92 Å². The molecule has 1 aromatic carbocycles. The van der Waals surface area contributed by atoms with Gasteiger partial charge in [-0.25, -0.2) is 14.2 Å². The first-order valence-electron chi connectivity index (χ1n) is 6.74. The molecule has 0 aliphatic heterocycles. The fraction of sp³-hybridized carbons (Fsp3) is 0.267. The molecule has 8 heteroatoms. The maximum Gasteiger partial charge on any atom is 0.326 e. The SMILES string of the molecule is CC(C)C(NC(=O)c1coc(-c2ccc(Br)cc2F)n1)C(=O)O. The van der Waals surface area contributed by atoms with Crippen LogP contribution in [-0.4, -0.2) is 28.0 Å². The van der Waals surface area contributed by atoms with Crippen LogP contribution in [-0.2, 0) is 4.79 Å². The van der Waals surface area contributed by atoms with Gasteiger partial charge in [0.1, 0.15) is 18.1 Å². The number of hydrogen-bond acceptors (Lipinski definition) is 4. The molecule has 0 fully saturated rings. The van der Waals surface area contributed by atoms with Crippen LogP contribution < -0.4 is 5.32 Å². The average molecular weight is 385 g/mol. The number of carboxylic acid groups (broad SMARTS) is 1. The average Bonchev–Trinajstić information content (AvgIpc) is 2.93. The molecule has 122 valence electrons. The van der Waals surface area contributed by atoms with Gasteiger partial charge in [-0.3, -0.25) is 4.79 Å². The van der Waals surface area contributed by atoms with Crippen LogP contribution in [0.1, 0.15) is 24.3 Å². The fourth-order valence-corrected chi connectivity index (χ4v) is 2.23. The van der Waals surface area contributed by atoms with Crippen LogP contribution in [0.15, 0.2) is 33.4 Å². The van der Waals surface area contributed by atoms with Crippen molar-refractivity contribution in [2.45, 2.75) is 19.9 Å². The molecule has 2 N–H and O–H groups in total. The third-order valence-electron chi connectivity index (χ3n) is 3.12. The predicted octanol–water partition coefficient (Wildman–Crippen LogP) is 3.08. The van der Waals surface area contributed by atoms with Crippen molar-refractivity contribution in [1.29, 1.82) is 0 Å². The van der Waals surface area contributed by atoms with Gasteiger partial charge in [0.15, 0.2) is 5.69 Å². The summed E-state index contributed by atoms with van der Waals surface area (Å²) in [6, 6.07) is 3.27. The lowest BCUT2D eigenvalue weighted by Gasteiger charge is -2.16. The topological polar surface area (TPSA) is 92.4 Å². The molecule has 1 unspecified atom stereocenters. The number of carbonyl (C=O) groups is 2. The molecule has 0 radical (unpaired) electrons. The van der Waals surface area contributed by atoms with Crippen molar-refractivity contribution < 1.29 is 23.5 Å². The number of amides is 1. The Hall–Kier alpha value is -2.22. The Morgan fingerprint density at radius 3 is 2.65 bits per heavy atom. The predicted molar refractivity (Wildman–Crippen MR) is 83.3 cm³/mol.